The molecule has 1 aromatic carbocycles. The van der Waals surface area contributed by atoms with E-state index in [1.54, 1.807) is 13.1 Å². The Labute approximate surface area is 318 Å². The maximum atomic E-state index is 14.0. The van der Waals surface area contributed by atoms with Crippen molar-refractivity contribution in [3.63, 3.8) is 0 Å². The Balaban J connectivity index is 1.47. The van der Waals surface area contributed by atoms with Crippen LogP contribution in [-0.2, 0) is 33.3 Å². The summed E-state index contributed by atoms with van der Waals surface area (Å²) in [6.07, 6.45) is 0.942. The van der Waals surface area contributed by atoms with E-state index in [1.165, 1.54) is 5.01 Å². The summed E-state index contributed by atoms with van der Waals surface area (Å²) in [7, 11) is 1.97. The highest BCUT2D eigenvalue weighted by atomic mass is 16.7. The molecule has 0 amide bonds. The number of carbonyl (C=O) groups excluding carboxylic acids is 2. The molecule has 3 fully saturated rings. The maximum Gasteiger partial charge on any atom is 0.313 e. The van der Waals surface area contributed by atoms with Gasteiger partial charge in [0, 0.05) is 36.1 Å². The van der Waals surface area contributed by atoms with Crippen molar-refractivity contribution in [3.05, 3.63) is 53.1 Å². The van der Waals surface area contributed by atoms with Crippen LogP contribution in [0.15, 0.2) is 47.9 Å². The molecule has 298 valence electrons. The summed E-state index contributed by atoms with van der Waals surface area (Å²) in [5.41, 5.74) is 7.14. The van der Waals surface area contributed by atoms with Crippen molar-refractivity contribution >= 4 is 28.7 Å². The molecule has 13 atom stereocenters. The number of esters is 1. The minimum Gasteiger partial charge on any atom is -0.459 e. The quantitative estimate of drug-likeness (QED) is 0.220. The van der Waals surface area contributed by atoms with Crippen LogP contribution in [0.2, 0.25) is 0 Å². The second-order valence-electron chi connectivity index (χ2n) is 15.7. The SMILES string of the molecule is CCC1OC(=O)CC(=O)C(C)C(OC2OC(C)C(C)C(N)C2O)C(OCC=Cc2cnc3ccccc3c2)CC(C)CN(C)C(C)C2N(N=O)COC12C. The molecule has 0 bridgehead atoms. The molecule has 4 heterocycles. The number of hydrogen-bond acceptors (Lipinski definition) is 13. The molecule has 14 heteroatoms. The van der Waals surface area contributed by atoms with Crippen LogP contribution in [0.5, 0.6) is 0 Å². The summed E-state index contributed by atoms with van der Waals surface area (Å²) in [6.45, 7) is 14.0. The van der Waals surface area contributed by atoms with Crippen LogP contribution < -0.4 is 5.73 Å². The Bertz CT molecular complexity index is 1630. The van der Waals surface area contributed by atoms with Gasteiger partial charge in [0.1, 0.15) is 42.8 Å². The Morgan fingerprint density at radius 2 is 1.91 bits per heavy atom. The fourth-order valence-electron chi connectivity index (χ4n) is 8.27. The van der Waals surface area contributed by atoms with Crippen LogP contribution in [0.25, 0.3) is 17.0 Å². The lowest BCUT2D eigenvalue weighted by molar-refractivity contribution is -0.286. The highest BCUT2D eigenvalue weighted by Gasteiger charge is 2.55. The Kier molecular flexibility index (Phi) is 14.0. The molecular weight excluding hydrogens is 694 g/mol. The molecule has 0 spiro atoms. The zero-order valence-electron chi connectivity index (χ0n) is 32.9. The first kappa shape index (κ1) is 41.8. The average molecular weight is 754 g/mol. The topological polar surface area (TPSA) is 175 Å². The first-order chi connectivity index (χ1) is 25.7. The van der Waals surface area contributed by atoms with Gasteiger partial charge in [-0.1, -0.05) is 58.0 Å². The first-order valence-corrected chi connectivity index (χ1v) is 19.2. The van der Waals surface area contributed by atoms with Gasteiger partial charge in [-0.25, -0.2) is 5.01 Å². The number of aliphatic hydroxyl groups excluding tert-OH is 1. The molecule has 0 saturated carbocycles. The zero-order valence-corrected chi connectivity index (χ0v) is 32.9. The number of aliphatic hydroxyl groups is 1. The third kappa shape index (κ3) is 9.18. The van der Waals surface area contributed by atoms with Crippen LogP contribution in [-0.4, -0.2) is 119 Å². The van der Waals surface area contributed by atoms with Crippen molar-refractivity contribution < 1.29 is 38.4 Å². The van der Waals surface area contributed by atoms with Crippen LogP contribution >= 0.6 is 0 Å². The van der Waals surface area contributed by atoms with Crippen LogP contribution in [0, 0.1) is 22.7 Å². The number of para-hydroxylation sites is 1. The number of cyclic esters (lactones) is 1. The van der Waals surface area contributed by atoms with Crippen molar-refractivity contribution in [1.82, 2.24) is 14.9 Å². The summed E-state index contributed by atoms with van der Waals surface area (Å²) in [5.74, 6) is -2.15. The zero-order chi connectivity index (χ0) is 39.3. The number of fused-ring (bicyclic) bond motifs is 2. The number of Topliss-reactive ketones (excluding diaryl/α,β-unsaturated/α-hetero) is 1. The number of ketones is 1. The van der Waals surface area contributed by atoms with Gasteiger partial charge in [0.2, 0.25) is 0 Å². The number of pyridine rings is 1. The number of nitroso groups, excluding NO2 is 1. The van der Waals surface area contributed by atoms with Gasteiger partial charge in [-0.15, -0.1) is 4.91 Å². The Morgan fingerprint density at radius 1 is 1.17 bits per heavy atom. The lowest BCUT2D eigenvalue weighted by Gasteiger charge is -2.44. The number of likely N-dealkylation sites (N-methyl/N-ethyl adjacent to an activating group) is 1. The van der Waals surface area contributed by atoms with Crippen LogP contribution in [0.4, 0.5) is 0 Å². The van der Waals surface area contributed by atoms with E-state index in [2.05, 4.69) is 22.1 Å². The molecule has 0 radical (unpaired) electrons. The van der Waals surface area contributed by atoms with Gasteiger partial charge >= 0.3 is 5.97 Å². The number of rotatable bonds is 8. The van der Waals surface area contributed by atoms with Gasteiger partial charge in [0.15, 0.2) is 6.29 Å². The Hall–Kier alpha value is -3.37. The van der Waals surface area contributed by atoms with Crippen LogP contribution in [0.3, 0.4) is 0 Å². The predicted octanol–water partition coefficient (Wildman–Crippen LogP) is 4.46. The number of aromatic nitrogens is 1. The molecular formula is C40H59N5O9. The minimum atomic E-state index is -1.16. The summed E-state index contributed by atoms with van der Waals surface area (Å²) in [4.78, 5) is 46.3. The van der Waals surface area contributed by atoms with E-state index in [0.717, 1.165) is 16.5 Å². The van der Waals surface area contributed by atoms with Crippen molar-refractivity contribution in [2.45, 2.75) is 128 Å². The van der Waals surface area contributed by atoms with Crippen LogP contribution in [0.1, 0.15) is 73.3 Å². The number of hydrogen-bond donors (Lipinski definition) is 2. The van der Waals surface area contributed by atoms with Crippen molar-refractivity contribution in [2.75, 3.05) is 26.9 Å². The molecule has 2 aromatic rings. The number of carbonyl (C=O) groups is 2. The van der Waals surface area contributed by atoms with Crippen molar-refractivity contribution in [3.8, 4) is 0 Å². The Morgan fingerprint density at radius 3 is 2.63 bits per heavy atom. The molecule has 3 aliphatic rings. The number of nitrogens with two attached hydrogens (primary N) is 1. The van der Waals surface area contributed by atoms with E-state index in [0.29, 0.717) is 19.4 Å². The van der Waals surface area contributed by atoms with E-state index < -0.39 is 72.5 Å². The molecule has 3 N–H and O–H groups in total. The largest absolute Gasteiger partial charge is 0.459 e. The standard InChI is InChI=1S/C40H59N5O9/c1-9-33-40(7)38(45(43-49)22-51-40)26(5)44(8)21-23(2)17-32(50-16-12-13-28-18-29-14-10-11-15-30(29)42-20-28)37(25(4)31(46)19-34(47)53-33)54-39-36(48)35(41)24(3)27(6)52-39/h10-15,18,20,23-27,32-33,35-39,48H,9,16-17,19,21-22,41H2,1-8H3. The monoisotopic (exact) mass is 753 g/mol. The van der Waals surface area contributed by atoms with E-state index >= 15 is 0 Å². The van der Waals surface area contributed by atoms with E-state index in [9.17, 15) is 19.6 Å². The molecule has 0 aliphatic carbocycles. The van der Waals surface area contributed by atoms with Gasteiger partial charge in [-0.3, -0.25) is 14.6 Å². The van der Waals surface area contributed by atoms with Crippen molar-refractivity contribution in [2.24, 2.45) is 28.8 Å². The molecule has 54 heavy (non-hydrogen) atoms. The third-order valence-electron chi connectivity index (χ3n) is 11.9. The molecule has 1 aromatic heterocycles. The fraction of sp³-hybridized carbons (Fsp3) is 0.675. The summed E-state index contributed by atoms with van der Waals surface area (Å²) in [5, 5.41) is 16.9. The fourth-order valence-corrected chi connectivity index (χ4v) is 8.27. The first-order valence-electron chi connectivity index (χ1n) is 19.2. The van der Waals surface area contributed by atoms with Gasteiger partial charge in [-0.05, 0) is 70.2 Å². The molecule has 14 nitrogen and oxygen atoms in total. The highest BCUT2D eigenvalue weighted by Crippen LogP contribution is 2.39. The molecule has 3 saturated heterocycles. The summed E-state index contributed by atoms with van der Waals surface area (Å²) in [6, 6.07) is 8.52. The lowest BCUT2D eigenvalue weighted by Crippen LogP contribution is -2.60. The molecule has 3 aliphatic heterocycles. The highest BCUT2D eigenvalue weighted by molar-refractivity contribution is 5.97. The van der Waals surface area contributed by atoms with E-state index in [1.807, 2.05) is 84.2 Å². The summed E-state index contributed by atoms with van der Waals surface area (Å²) < 4.78 is 31.5. The second kappa shape index (κ2) is 18.1. The summed E-state index contributed by atoms with van der Waals surface area (Å²) >= 11 is 0. The number of ether oxygens (including phenoxy) is 5. The predicted molar refractivity (Wildman–Crippen MR) is 203 cm³/mol. The van der Waals surface area contributed by atoms with Gasteiger partial charge in [-0.2, -0.15) is 0 Å². The van der Waals surface area contributed by atoms with E-state index in [4.69, 9.17) is 29.4 Å². The number of nitrogens with zero attached hydrogens (tertiary/aromatic N) is 4. The maximum absolute atomic E-state index is 14.0. The lowest BCUT2D eigenvalue weighted by atomic mass is 9.84. The molecule has 13 unspecified atom stereocenters. The van der Waals surface area contributed by atoms with Gasteiger partial charge in [0.05, 0.1) is 35.7 Å². The smallest absolute Gasteiger partial charge is 0.313 e. The van der Waals surface area contributed by atoms with E-state index in [-0.39, 0.29) is 37.3 Å². The minimum absolute atomic E-state index is 0.0147. The second-order valence-corrected chi connectivity index (χ2v) is 15.7. The third-order valence-corrected chi connectivity index (χ3v) is 11.9. The van der Waals surface area contributed by atoms with Gasteiger partial charge in [0.25, 0.3) is 0 Å². The normalized spacial score (nSPS) is 37.9. The number of benzene rings is 1. The molecule has 5 rings (SSSR count). The van der Waals surface area contributed by atoms with Crippen molar-refractivity contribution in [1.29, 1.82) is 0 Å². The average Bonchev–Trinajstić information content (AvgIpc) is 3.50. The van der Waals surface area contributed by atoms with Gasteiger partial charge < -0.3 is 39.4 Å².